The first-order chi connectivity index (χ1) is 46.6. The number of carbonyl (C=O) groups excluding carboxylic acids is 3. The molecule has 23 rings (SSSR count). The Labute approximate surface area is 564 Å². The molecule has 1 aromatic heterocycles. The number of allylic oxidation sites excluding steroid dienone is 2. The number of hydrogen-bond donors (Lipinski definition) is 4. The maximum atomic E-state index is 17.9. The van der Waals surface area contributed by atoms with Crippen LogP contribution < -0.4 is 5.32 Å². The van der Waals surface area contributed by atoms with E-state index in [1.54, 1.807) is 0 Å². The predicted molar refractivity (Wildman–Crippen MR) is 351 cm³/mol. The zero-order valence-corrected chi connectivity index (χ0v) is 56.4. The van der Waals surface area contributed by atoms with Gasteiger partial charge in [-0.05, 0) is 252 Å². The van der Waals surface area contributed by atoms with Gasteiger partial charge in [-0.15, -0.1) is 0 Å². The molecule has 2 aromatic rings. The van der Waals surface area contributed by atoms with Crippen LogP contribution in [-0.4, -0.2) is 106 Å². The number of nitrogens with zero attached hydrogens (tertiary/aromatic N) is 1. The van der Waals surface area contributed by atoms with Gasteiger partial charge in [-0.25, -0.2) is 4.79 Å². The number of epoxide rings is 1. The van der Waals surface area contributed by atoms with Crippen molar-refractivity contribution in [1.29, 1.82) is 0 Å². The molecule has 30 atom stereocenters. The number of aryl methyl sites for hydroxylation is 1. The molecule has 21 aliphatic rings. The number of furan rings is 1. The Bertz CT molecular complexity index is 3980. The topological polar surface area (TPSA) is 181 Å². The normalized spacial score (nSPS) is 55.6. The second-order valence-electron chi connectivity index (χ2n) is 37.5. The number of rotatable bonds is 7. The standard InChI is InChI=1S/C83H98N2O11/c1-72-28-21-53-37-54-36-52-22-29-78-71(91)93-43-77(82(53,78)96-72)66-57(58-19-20-63-75(30-31-76(52,63)80(54,58)78)27-8-26-74(75)24-6-7-25-74)39-73(2)81-51(17-14-50-42-92-62(64(50)81)38-56(61(87)41-86)48-15-18-55-49(35-48)23-32-85-44-84-40-60(55)85)16-13-47-12-11-46(33-45-9-4-3-5-10-45)34-59(47)79(66,68(89)65(88)67(72)77)83(73)69(94-83)70(90)95-81/h3-5,9-10,21-23,29,32,42,46-49,51-52,54-61,63,66-69,84,86-87,89H,6-8,11-12,14-15,17-20,24-28,30-31,33-41,43-44H2,1-2H3/t46-,47-,48-,49+,51-,52+,54-,55-,56-,57+,58+,59+,60+,61+,63-,66+,67+,68+,69+,72-,73-,75-,76+,77+,78-,79-,80+,81-,82+,83+/m0/s1. The molecular weight excluding hydrogens is 1200 g/mol. The summed E-state index contributed by atoms with van der Waals surface area (Å²) in [5.41, 5.74) is -6.29. The van der Waals surface area contributed by atoms with Gasteiger partial charge in [-0.3, -0.25) is 14.9 Å². The van der Waals surface area contributed by atoms with Crippen LogP contribution in [0.1, 0.15) is 178 Å². The Kier molecular flexibility index (Phi) is 11.0. The van der Waals surface area contributed by atoms with E-state index >= 15 is 19.5 Å². The van der Waals surface area contributed by atoms with Gasteiger partial charge >= 0.3 is 11.9 Å². The highest BCUT2D eigenvalue weighted by molar-refractivity contribution is 5.96. The molecule has 13 heteroatoms. The Morgan fingerprint density at radius 1 is 0.875 bits per heavy atom. The fourth-order valence-corrected chi connectivity index (χ4v) is 34.7. The third-order valence-corrected chi connectivity index (χ3v) is 36.3. The first-order valence-corrected chi connectivity index (χ1v) is 39.1. The number of nitrogens with one attached hydrogen (secondary N) is 1. The summed E-state index contributed by atoms with van der Waals surface area (Å²) in [4.78, 5) is 54.4. The van der Waals surface area contributed by atoms with E-state index in [0.29, 0.717) is 73.5 Å². The van der Waals surface area contributed by atoms with E-state index < -0.39 is 97.4 Å². The van der Waals surface area contributed by atoms with E-state index in [4.69, 9.17) is 23.4 Å². The highest BCUT2D eigenvalue weighted by atomic mass is 16.7. The molecule has 96 heavy (non-hydrogen) atoms. The van der Waals surface area contributed by atoms with Gasteiger partial charge in [0.05, 0.1) is 48.5 Å². The highest BCUT2D eigenvalue weighted by Crippen LogP contribution is 2.99. The SMILES string of the molecule is C[C@]12C[C@H]3[C@@H]4[C@@]56COC(=O)[C@]78C=C[C@@H]9C[C@@H](CC%10=CC[C@](C)(O[C@]%1057)[C@H]6C(=O)[C@@H](O)[C@]45[C@@H]4C[C@H](Cc6ccccc6)CC[C@H]4C#C[C@H]4CCc6coc(C[C@@H]([C@H]7CC[C@H]%10[C@H](C=CN%11CNC[C@H]%10%11)C7)[C@H](O)CO)c6[C@@]41OC(=O)[C@H]1O[C@@]152)[C@]81[C@@H]3CC[C@H]2[C@]3(CCCC34CCCC4)CC[C@@]921. The third kappa shape index (κ3) is 5.67. The maximum absolute atomic E-state index is 17.9. The smallest absolute Gasteiger partial charge is 0.339 e. The summed E-state index contributed by atoms with van der Waals surface area (Å²) < 4.78 is 39.3. The minimum absolute atomic E-state index is 0.0198. The molecule has 0 unspecified atom stereocenters. The number of hydrogen-bond acceptors (Lipinski definition) is 13. The summed E-state index contributed by atoms with van der Waals surface area (Å²) in [6, 6.07) is 11.3. The molecule has 13 nitrogen and oxygen atoms in total. The lowest BCUT2D eigenvalue weighted by atomic mass is 9.27. The number of ketones is 1. The van der Waals surface area contributed by atoms with Crippen LogP contribution in [0, 0.1) is 144 Å². The number of aliphatic hydroxyl groups is 3. The summed E-state index contributed by atoms with van der Waals surface area (Å²) in [5.74, 6) is 7.10. The Balaban J connectivity index is 0.794. The fraction of sp³-hybridized carbons (Fsp3) is 0.747. The monoisotopic (exact) mass is 1300 g/mol. The molecule has 8 heterocycles. The second-order valence-corrected chi connectivity index (χ2v) is 37.5. The number of aliphatic hydroxyl groups excluding tert-OH is 3. The Morgan fingerprint density at radius 2 is 1.74 bits per heavy atom. The molecule has 10 spiro atoms. The summed E-state index contributed by atoms with van der Waals surface area (Å²) in [6.45, 7) is 6.08. The predicted octanol–water partition coefficient (Wildman–Crippen LogP) is 11.0. The van der Waals surface area contributed by atoms with Gasteiger partial charge in [0.15, 0.2) is 17.5 Å². The lowest BCUT2D eigenvalue weighted by Crippen LogP contribution is -2.85. The van der Waals surface area contributed by atoms with Crippen molar-refractivity contribution in [3.05, 3.63) is 95.1 Å². The van der Waals surface area contributed by atoms with Crippen molar-refractivity contribution in [2.45, 2.75) is 221 Å². The van der Waals surface area contributed by atoms with Crippen molar-refractivity contribution in [2.75, 3.05) is 26.4 Å². The van der Waals surface area contributed by atoms with Crippen molar-refractivity contribution in [3.8, 4) is 11.8 Å². The van der Waals surface area contributed by atoms with Gasteiger partial charge in [0.25, 0.3) is 0 Å². The number of cyclic esters (lactones) is 1. The summed E-state index contributed by atoms with van der Waals surface area (Å²) >= 11 is 0. The Hall–Kier alpha value is -4.55. The van der Waals surface area contributed by atoms with Crippen molar-refractivity contribution in [3.63, 3.8) is 0 Å². The van der Waals surface area contributed by atoms with E-state index in [1.165, 1.54) is 62.5 Å². The van der Waals surface area contributed by atoms with Crippen LogP contribution >= 0.6 is 0 Å². The van der Waals surface area contributed by atoms with E-state index in [1.807, 2.05) is 6.26 Å². The molecule has 14 aliphatic carbocycles. The lowest BCUT2D eigenvalue weighted by Gasteiger charge is -2.75. The van der Waals surface area contributed by atoms with Gasteiger partial charge < -0.3 is 43.6 Å². The maximum Gasteiger partial charge on any atom is 0.339 e. The molecule has 4 N–H and O–H groups in total. The van der Waals surface area contributed by atoms with Crippen LogP contribution in [0.25, 0.3) is 0 Å². The van der Waals surface area contributed by atoms with Crippen molar-refractivity contribution < 1.29 is 53.1 Å². The second kappa shape index (κ2) is 18.2. The minimum atomic E-state index is -1.57. The molecule has 506 valence electrons. The van der Waals surface area contributed by atoms with Crippen LogP contribution in [-0.2, 0) is 58.2 Å². The minimum Gasteiger partial charge on any atom is -0.469 e. The molecule has 7 aliphatic heterocycles. The van der Waals surface area contributed by atoms with Crippen LogP contribution in [0.5, 0.6) is 0 Å². The fourth-order valence-electron chi connectivity index (χ4n) is 34.7. The number of carbonyl (C=O) groups is 3. The number of esters is 2. The quantitative estimate of drug-likeness (QED) is 0.0891. The first kappa shape index (κ1) is 58.1. The van der Waals surface area contributed by atoms with Gasteiger partial charge in [0.2, 0.25) is 0 Å². The molecule has 5 saturated heterocycles. The van der Waals surface area contributed by atoms with Crippen LogP contribution in [0.2, 0.25) is 0 Å². The van der Waals surface area contributed by atoms with Crippen LogP contribution in [0.3, 0.4) is 0 Å². The third-order valence-electron chi connectivity index (χ3n) is 36.3. The van der Waals surface area contributed by atoms with Crippen molar-refractivity contribution >= 4 is 17.7 Å². The average Bonchev–Trinajstić information content (AvgIpc) is 1.39. The largest absolute Gasteiger partial charge is 0.469 e. The number of ether oxygens (including phenoxy) is 4. The molecule has 0 radical (unpaired) electrons. The number of Topliss-reactive ketones (excluding diaryl/α,β-unsaturated/α-hetero) is 1. The van der Waals surface area contributed by atoms with Gasteiger partial charge in [0, 0.05) is 46.7 Å². The van der Waals surface area contributed by atoms with E-state index in [9.17, 15) is 10.2 Å². The molecule has 16 fully saturated rings. The van der Waals surface area contributed by atoms with E-state index in [2.05, 4.69) is 96.7 Å². The summed E-state index contributed by atoms with van der Waals surface area (Å²) in [6.07, 6.45) is 34.6. The molecule has 0 amide bonds. The number of fused-ring (bicyclic) bond motifs is 10. The summed E-state index contributed by atoms with van der Waals surface area (Å²) in [7, 11) is 0. The number of benzene rings is 1. The average molecular weight is 1300 g/mol. The van der Waals surface area contributed by atoms with Crippen molar-refractivity contribution in [2.24, 2.45) is 132 Å². The van der Waals surface area contributed by atoms with Crippen LogP contribution in [0.4, 0.5) is 0 Å². The van der Waals surface area contributed by atoms with Crippen molar-refractivity contribution in [1.82, 2.24) is 10.2 Å². The van der Waals surface area contributed by atoms with E-state index in [0.717, 1.165) is 95.0 Å². The highest BCUT2D eigenvalue weighted by Gasteiger charge is 3.04. The van der Waals surface area contributed by atoms with Crippen LogP contribution in [0.15, 0.2) is 77.1 Å². The Morgan fingerprint density at radius 3 is 2.60 bits per heavy atom. The van der Waals surface area contributed by atoms with E-state index in [-0.39, 0.29) is 83.1 Å². The first-order valence-electron chi connectivity index (χ1n) is 39.1. The zero-order valence-electron chi connectivity index (χ0n) is 56.4. The van der Waals surface area contributed by atoms with Gasteiger partial charge in [-0.1, -0.05) is 92.7 Å². The molecular formula is C83H98N2O11. The zero-order chi connectivity index (χ0) is 64.1. The molecule has 1 aromatic carbocycles. The molecule has 11 saturated carbocycles. The lowest BCUT2D eigenvalue weighted by molar-refractivity contribution is -0.325. The molecule has 10 bridgehead atoms. The summed E-state index contributed by atoms with van der Waals surface area (Å²) in [5, 5.41) is 42.7. The van der Waals surface area contributed by atoms with Gasteiger partial charge in [0.1, 0.15) is 35.1 Å². The van der Waals surface area contributed by atoms with Gasteiger partial charge in [-0.2, -0.15) is 0 Å².